The number of rotatable bonds is 2. The summed E-state index contributed by atoms with van der Waals surface area (Å²) in [6.07, 6.45) is -1.04. The van der Waals surface area contributed by atoms with Crippen molar-refractivity contribution in [3.8, 4) is 0 Å². The maximum Gasteiger partial charge on any atom is 0.155 e. The number of aliphatic hydroxyl groups excluding tert-OH is 2. The van der Waals surface area contributed by atoms with Gasteiger partial charge in [0, 0.05) is 11.1 Å². The Morgan fingerprint density at radius 3 is 2.71 bits per heavy atom. The molecule has 0 aromatic carbocycles. The van der Waals surface area contributed by atoms with E-state index in [4.69, 9.17) is 5.41 Å². The van der Waals surface area contributed by atoms with Gasteiger partial charge in [0.2, 0.25) is 0 Å². The molecule has 0 saturated carbocycles. The Balaban J connectivity index is 1.89. The number of nitrogens with zero attached hydrogens (tertiary/aromatic N) is 2. The summed E-state index contributed by atoms with van der Waals surface area (Å²) in [5.74, 6) is -0.490. The predicted octanol–water partition coefficient (Wildman–Crippen LogP) is 0.171. The van der Waals surface area contributed by atoms with E-state index in [0.717, 1.165) is 5.69 Å². The second-order valence-corrected chi connectivity index (χ2v) is 8.32. The fourth-order valence-electron chi connectivity index (χ4n) is 2.68. The molecule has 1 saturated heterocycles. The number of hydrogen-bond acceptors (Lipinski definition) is 7. The standard InChI is InChI=1S/C12H15N3O4S2/c1-6-3-20-12(14-6)10-8(16)2-15(11(10)13)7-4-21(18,19)5-9(7)17/h3,7,9,13,16-17H,2,4-5H2,1H3. The minimum atomic E-state index is -3.30. The van der Waals surface area contributed by atoms with E-state index < -0.39 is 22.0 Å². The molecular weight excluding hydrogens is 314 g/mol. The third-order valence-electron chi connectivity index (χ3n) is 3.66. The van der Waals surface area contributed by atoms with Gasteiger partial charge in [-0.3, -0.25) is 5.41 Å². The fraction of sp³-hybridized carbons (Fsp3) is 0.500. The van der Waals surface area contributed by atoms with Gasteiger partial charge in [0.1, 0.15) is 16.6 Å². The quantitative estimate of drug-likeness (QED) is 0.712. The van der Waals surface area contributed by atoms with Crippen LogP contribution in [0.5, 0.6) is 0 Å². The molecule has 2 unspecified atom stereocenters. The molecule has 3 rings (SSSR count). The molecule has 0 bridgehead atoms. The molecule has 7 nitrogen and oxygen atoms in total. The summed E-state index contributed by atoms with van der Waals surface area (Å²) in [6, 6.07) is -0.691. The highest BCUT2D eigenvalue weighted by molar-refractivity contribution is 7.91. The normalized spacial score (nSPS) is 28.7. The number of aryl methyl sites for hydroxylation is 1. The van der Waals surface area contributed by atoms with E-state index in [0.29, 0.717) is 10.6 Å². The van der Waals surface area contributed by atoms with Gasteiger partial charge < -0.3 is 15.1 Å². The van der Waals surface area contributed by atoms with Gasteiger partial charge in [-0.1, -0.05) is 0 Å². The van der Waals surface area contributed by atoms with Crippen LogP contribution in [0.4, 0.5) is 0 Å². The number of nitrogens with one attached hydrogen (secondary N) is 1. The van der Waals surface area contributed by atoms with Crippen molar-refractivity contribution in [1.82, 2.24) is 9.88 Å². The zero-order valence-electron chi connectivity index (χ0n) is 11.3. The Morgan fingerprint density at radius 1 is 1.48 bits per heavy atom. The van der Waals surface area contributed by atoms with Crippen LogP contribution in [0.2, 0.25) is 0 Å². The highest BCUT2D eigenvalue weighted by Crippen LogP contribution is 2.32. The molecule has 9 heteroatoms. The Labute approximate surface area is 126 Å². The van der Waals surface area contributed by atoms with Crippen LogP contribution < -0.4 is 0 Å². The third-order valence-corrected chi connectivity index (χ3v) is 6.34. The Hall–Kier alpha value is -1.45. The van der Waals surface area contributed by atoms with Crippen LogP contribution in [0.15, 0.2) is 11.1 Å². The number of aromatic nitrogens is 1. The van der Waals surface area contributed by atoms with Crippen molar-refractivity contribution >= 4 is 32.6 Å². The lowest BCUT2D eigenvalue weighted by Gasteiger charge is -2.27. The van der Waals surface area contributed by atoms with Gasteiger partial charge in [-0.25, -0.2) is 13.4 Å². The predicted molar refractivity (Wildman–Crippen MR) is 79.3 cm³/mol. The van der Waals surface area contributed by atoms with E-state index in [2.05, 4.69) is 4.98 Å². The Kier molecular flexibility index (Phi) is 3.30. The number of aliphatic hydroxyl groups is 2. The van der Waals surface area contributed by atoms with E-state index in [1.807, 2.05) is 12.3 Å². The van der Waals surface area contributed by atoms with Gasteiger partial charge in [0.15, 0.2) is 9.84 Å². The molecule has 0 radical (unpaired) electrons. The second-order valence-electron chi connectivity index (χ2n) is 5.30. The molecule has 2 atom stereocenters. The van der Waals surface area contributed by atoms with Crippen LogP contribution >= 0.6 is 11.3 Å². The average Bonchev–Trinajstić information content (AvgIpc) is 2.97. The maximum atomic E-state index is 11.6. The van der Waals surface area contributed by atoms with Crippen LogP contribution in [-0.4, -0.2) is 64.5 Å². The van der Waals surface area contributed by atoms with Crippen molar-refractivity contribution in [3.05, 3.63) is 21.8 Å². The van der Waals surface area contributed by atoms with Crippen LogP contribution in [0, 0.1) is 12.3 Å². The molecule has 114 valence electrons. The fourth-order valence-corrected chi connectivity index (χ4v) is 5.35. The highest BCUT2D eigenvalue weighted by Gasteiger charge is 2.44. The first-order valence-corrected chi connectivity index (χ1v) is 9.07. The molecule has 0 aliphatic carbocycles. The highest BCUT2D eigenvalue weighted by atomic mass is 32.2. The minimum absolute atomic E-state index is 0.00847. The Morgan fingerprint density at radius 2 is 2.19 bits per heavy atom. The van der Waals surface area contributed by atoms with Crippen molar-refractivity contribution in [2.45, 2.75) is 19.1 Å². The summed E-state index contributed by atoms with van der Waals surface area (Å²) < 4.78 is 23.2. The lowest BCUT2D eigenvalue weighted by Crippen LogP contribution is -2.44. The lowest BCUT2D eigenvalue weighted by molar-refractivity contribution is 0.124. The largest absolute Gasteiger partial charge is 0.510 e. The van der Waals surface area contributed by atoms with Gasteiger partial charge in [0.05, 0.1) is 35.8 Å². The molecular formula is C12H15N3O4S2. The van der Waals surface area contributed by atoms with Crippen LogP contribution in [0.3, 0.4) is 0 Å². The number of amidine groups is 1. The molecule has 3 heterocycles. The first kappa shape index (κ1) is 14.5. The minimum Gasteiger partial charge on any atom is -0.510 e. The average molecular weight is 329 g/mol. The SMILES string of the molecule is Cc1csc(C2=C(O)CN(C3CS(=O)(=O)CC3O)C2=N)n1. The maximum absolute atomic E-state index is 11.6. The van der Waals surface area contributed by atoms with E-state index >= 15 is 0 Å². The zero-order valence-corrected chi connectivity index (χ0v) is 12.9. The summed E-state index contributed by atoms with van der Waals surface area (Å²) in [5, 5.41) is 30.6. The van der Waals surface area contributed by atoms with Crippen molar-refractivity contribution < 1.29 is 18.6 Å². The summed E-state index contributed by atoms with van der Waals surface area (Å²) in [7, 11) is -3.30. The first-order valence-electron chi connectivity index (χ1n) is 6.37. The van der Waals surface area contributed by atoms with E-state index in [1.54, 1.807) is 0 Å². The molecule has 0 spiro atoms. The van der Waals surface area contributed by atoms with Gasteiger partial charge >= 0.3 is 0 Å². The van der Waals surface area contributed by atoms with Gasteiger partial charge in [-0.15, -0.1) is 11.3 Å². The van der Waals surface area contributed by atoms with Crippen LogP contribution in [0.1, 0.15) is 10.7 Å². The second kappa shape index (κ2) is 4.79. The van der Waals surface area contributed by atoms with Gasteiger partial charge in [-0.05, 0) is 6.92 Å². The molecule has 2 aliphatic heterocycles. The third kappa shape index (κ3) is 2.45. The summed E-state index contributed by atoms with van der Waals surface area (Å²) >= 11 is 1.32. The van der Waals surface area contributed by atoms with Crippen molar-refractivity contribution in [2.75, 3.05) is 18.1 Å². The molecule has 2 aliphatic rings. The molecule has 1 aromatic rings. The smallest absolute Gasteiger partial charge is 0.155 e. The molecule has 1 fully saturated rings. The molecule has 1 aromatic heterocycles. The molecule has 21 heavy (non-hydrogen) atoms. The van der Waals surface area contributed by atoms with E-state index in [9.17, 15) is 18.6 Å². The van der Waals surface area contributed by atoms with E-state index in [1.165, 1.54) is 16.2 Å². The van der Waals surface area contributed by atoms with Crippen molar-refractivity contribution in [2.24, 2.45) is 0 Å². The zero-order chi connectivity index (χ0) is 15.4. The Bertz CT molecular complexity index is 737. The van der Waals surface area contributed by atoms with Crippen LogP contribution in [-0.2, 0) is 9.84 Å². The van der Waals surface area contributed by atoms with Gasteiger partial charge in [-0.2, -0.15) is 0 Å². The number of thiazole rings is 1. The molecule has 3 N–H and O–H groups in total. The first-order chi connectivity index (χ1) is 9.78. The van der Waals surface area contributed by atoms with E-state index in [-0.39, 0.29) is 29.6 Å². The van der Waals surface area contributed by atoms with Gasteiger partial charge in [0.25, 0.3) is 0 Å². The monoisotopic (exact) mass is 329 g/mol. The lowest BCUT2D eigenvalue weighted by atomic mass is 10.2. The van der Waals surface area contributed by atoms with Crippen molar-refractivity contribution in [1.29, 1.82) is 5.41 Å². The number of hydrogen-bond donors (Lipinski definition) is 3. The topological polar surface area (TPSA) is 115 Å². The van der Waals surface area contributed by atoms with Crippen molar-refractivity contribution in [3.63, 3.8) is 0 Å². The summed E-state index contributed by atoms with van der Waals surface area (Å²) in [6.45, 7) is 1.85. The summed E-state index contributed by atoms with van der Waals surface area (Å²) in [4.78, 5) is 5.70. The van der Waals surface area contributed by atoms with Crippen LogP contribution in [0.25, 0.3) is 5.57 Å². The number of sulfone groups is 1. The molecule has 0 amide bonds. The summed E-state index contributed by atoms with van der Waals surface area (Å²) in [5.41, 5.74) is 1.12.